The van der Waals surface area contributed by atoms with Gasteiger partial charge in [-0.3, -0.25) is 9.59 Å². The first-order valence-corrected chi connectivity index (χ1v) is 9.57. The molecule has 0 unspecified atom stereocenters. The molecule has 4 nitrogen and oxygen atoms in total. The van der Waals surface area contributed by atoms with Crippen LogP contribution in [-0.4, -0.2) is 21.1 Å². The molecule has 0 N–H and O–H groups in total. The van der Waals surface area contributed by atoms with Crippen LogP contribution in [0.4, 0.5) is 8.78 Å². The molecular weight excluding hydrogens is 394 g/mol. The average Bonchev–Trinajstić information content (AvgIpc) is 3.32. The van der Waals surface area contributed by atoms with Gasteiger partial charge in [0.15, 0.2) is 28.8 Å². The van der Waals surface area contributed by atoms with Crippen LogP contribution >= 0.6 is 11.3 Å². The van der Waals surface area contributed by atoms with Gasteiger partial charge in [0.1, 0.15) is 5.01 Å². The van der Waals surface area contributed by atoms with Gasteiger partial charge in [0.25, 0.3) is 0 Å². The second kappa shape index (κ2) is 6.28. The fraction of sp³-hybridized carbons (Fsp3) is 0.0455. The molecule has 2 aromatic heterocycles. The number of rotatable bonds is 2. The molecule has 0 saturated heterocycles. The van der Waals surface area contributed by atoms with Crippen LogP contribution in [0.2, 0.25) is 0 Å². The van der Waals surface area contributed by atoms with Crippen molar-refractivity contribution in [2.24, 2.45) is 7.05 Å². The van der Waals surface area contributed by atoms with Gasteiger partial charge >= 0.3 is 0 Å². The molecule has 0 saturated carbocycles. The Balaban J connectivity index is 1.56. The van der Waals surface area contributed by atoms with E-state index >= 15 is 0 Å². The minimum absolute atomic E-state index is 0.118. The zero-order valence-electron chi connectivity index (χ0n) is 15.1. The van der Waals surface area contributed by atoms with Gasteiger partial charge in [0.2, 0.25) is 0 Å². The molecule has 0 atom stereocenters. The fourth-order valence-electron chi connectivity index (χ4n) is 3.53. The van der Waals surface area contributed by atoms with Gasteiger partial charge < -0.3 is 4.57 Å². The van der Waals surface area contributed by atoms with Gasteiger partial charge in [-0.15, -0.1) is 11.3 Å². The molecule has 7 heteroatoms. The number of hydrogen-bond acceptors (Lipinski definition) is 4. The molecule has 2 aromatic carbocycles. The Hall–Kier alpha value is -3.45. The summed E-state index contributed by atoms with van der Waals surface area (Å²) in [4.78, 5) is 29.6. The third-order valence-electron chi connectivity index (χ3n) is 4.97. The first-order valence-electron chi connectivity index (χ1n) is 8.76. The molecule has 0 bridgehead atoms. The van der Waals surface area contributed by atoms with E-state index in [0.29, 0.717) is 5.01 Å². The van der Waals surface area contributed by atoms with E-state index in [1.165, 1.54) is 17.4 Å². The molecule has 2 heterocycles. The lowest BCUT2D eigenvalue weighted by atomic mass is 10.1. The summed E-state index contributed by atoms with van der Waals surface area (Å²) in [5.74, 6) is -3.54. The van der Waals surface area contributed by atoms with Crippen LogP contribution in [0.1, 0.15) is 25.7 Å². The molecule has 4 aromatic rings. The van der Waals surface area contributed by atoms with Crippen molar-refractivity contribution in [2.45, 2.75) is 0 Å². The van der Waals surface area contributed by atoms with E-state index < -0.39 is 23.2 Å². The van der Waals surface area contributed by atoms with Crippen molar-refractivity contribution in [3.63, 3.8) is 0 Å². The van der Waals surface area contributed by atoms with Gasteiger partial charge in [-0.05, 0) is 29.8 Å². The van der Waals surface area contributed by atoms with Crippen LogP contribution in [0, 0.1) is 11.6 Å². The van der Waals surface area contributed by atoms with Crippen LogP contribution in [0.15, 0.2) is 54.1 Å². The number of thiazole rings is 1. The number of aryl methyl sites for hydroxylation is 1. The van der Waals surface area contributed by atoms with Gasteiger partial charge in [0.05, 0.1) is 16.0 Å². The average molecular weight is 406 g/mol. The van der Waals surface area contributed by atoms with E-state index in [0.717, 1.165) is 33.7 Å². The number of ketones is 2. The normalized spacial score (nSPS) is 13.4. The van der Waals surface area contributed by atoms with Crippen molar-refractivity contribution in [1.82, 2.24) is 9.55 Å². The number of hydrogen-bond donors (Lipinski definition) is 0. The second-order valence-electron chi connectivity index (χ2n) is 6.72. The van der Waals surface area contributed by atoms with E-state index in [1.54, 1.807) is 0 Å². The van der Waals surface area contributed by atoms with Gasteiger partial charge in [-0.2, -0.15) is 0 Å². The third kappa shape index (κ3) is 2.66. The molecule has 5 rings (SSSR count). The van der Waals surface area contributed by atoms with Crippen molar-refractivity contribution in [2.75, 3.05) is 0 Å². The Morgan fingerprint density at radius 1 is 0.966 bits per heavy atom. The molecule has 0 aliphatic heterocycles. The minimum atomic E-state index is -1.15. The summed E-state index contributed by atoms with van der Waals surface area (Å²) in [6.07, 6.45) is 1.40. The lowest BCUT2D eigenvalue weighted by molar-refractivity contribution is 0.0990. The largest absolute Gasteiger partial charge is 0.328 e. The minimum Gasteiger partial charge on any atom is -0.328 e. The Labute approximate surface area is 167 Å². The van der Waals surface area contributed by atoms with Crippen molar-refractivity contribution in [3.05, 3.63) is 81.9 Å². The van der Waals surface area contributed by atoms with Gasteiger partial charge in [-0.25, -0.2) is 13.8 Å². The Morgan fingerprint density at radius 2 is 1.59 bits per heavy atom. The van der Waals surface area contributed by atoms with Crippen molar-refractivity contribution in [3.8, 4) is 11.3 Å². The predicted octanol–water partition coefficient (Wildman–Crippen LogP) is 5.04. The van der Waals surface area contributed by atoms with E-state index in [4.69, 9.17) is 0 Å². The number of halogens is 2. The second-order valence-corrected chi connectivity index (χ2v) is 7.78. The number of nitrogens with zero attached hydrogens (tertiary/aromatic N) is 2. The molecule has 0 fully saturated rings. The van der Waals surface area contributed by atoms with Gasteiger partial charge in [0, 0.05) is 18.2 Å². The number of fused-ring (bicyclic) bond motifs is 2. The molecule has 0 amide bonds. The SMILES string of the molecule is Cn1c(-c2ccccc2)cc2sc(C=C3C(=O)c4cc(F)c(F)cc4C3=O)nc21. The lowest BCUT2D eigenvalue weighted by Gasteiger charge is -2.02. The molecular formula is C22H12F2N2O2S. The molecule has 29 heavy (non-hydrogen) atoms. The summed E-state index contributed by atoms with van der Waals surface area (Å²) in [7, 11) is 1.90. The summed E-state index contributed by atoms with van der Waals surface area (Å²) in [6, 6.07) is 13.4. The maximum Gasteiger partial charge on any atom is 0.197 e. The van der Waals surface area contributed by atoms with Crippen molar-refractivity contribution < 1.29 is 18.4 Å². The van der Waals surface area contributed by atoms with Crippen LogP contribution < -0.4 is 0 Å². The lowest BCUT2D eigenvalue weighted by Crippen LogP contribution is -2.00. The number of benzene rings is 2. The summed E-state index contributed by atoms with van der Waals surface area (Å²) in [5.41, 5.74) is 2.42. The number of Topliss-reactive ketones (excluding diaryl/α,β-unsaturated/α-hetero) is 2. The van der Waals surface area contributed by atoms with Crippen molar-refractivity contribution >= 4 is 39.3 Å². The van der Waals surface area contributed by atoms with Crippen molar-refractivity contribution in [1.29, 1.82) is 0 Å². The Morgan fingerprint density at radius 3 is 2.17 bits per heavy atom. The quantitative estimate of drug-likeness (QED) is 0.346. The van der Waals surface area contributed by atoms with E-state index in [2.05, 4.69) is 4.98 Å². The summed E-state index contributed by atoms with van der Waals surface area (Å²) >= 11 is 1.34. The Bertz CT molecular complexity index is 1320. The number of allylic oxidation sites excluding steroid dienone is 1. The molecule has 142 valence electrons. The molecule has 0 radical (unpaired) electrons. The smallest absolute Gasteiger partial charge is 0.197 e. The highest BCUT2D eigenvalue weighted by Crippen LogP contribution is 2.34. The fourth-order valence-corrected chi connectivity index (χ4v) is 4.51. The predicted molar refractivity (Wildman–Crippen MR) is 107 cm³/mol. The molecule has 0 spiro atoms. The highest BCUT2D eigenvalue weighted by atomic mass is 32.1. The van der Waals surface area contributed by atoms with Crippen LogP contribution in [0.25, 0.3) is 27.7 Å². The van der Waals surface area contributed by atoms with Crippen LogP contribution in [0.3, 0.4) is 0 Å². The summed E-state index contributed by atoms with van der Waals surface area (Å²) in [6.45, 7) is 0. The maximum absolute atomic E-state index is 13.5. The first-order chi connectivity index (χ1) is 13.9. The number of carbonyl (C=O) groups excluding carboxylic acids is 2. The van der Waals surface area contributed by atoms with E-state index in [9.17, 15) is 18.4 Å². The summed E-state index contributed by atoms with van der Waals surface area (Å²) < 4.78 is 29.8. The van der Waals surface area contributed by atoms with Crippen LogP contribution in [-0.2, 0) is 7.05 Å². The molecule has 1 aliphatic carbocycles. The number of aromatic nitrogens is 2. The third-order valence-corrected chi connectivity index (χ3v) is 5.91. The standard InChI is InChI=1S/C22H12F2N2O2S/c1-26-17(11-5-3-2-4-6-11)10-18-22(26)25-19(29-18)9-14-20(27)12-7-15(23)16(24)8-13(12)21(14)28/h2-10H,1H3. The summed E-state index contributed by atoms with van der Waals surface area (Å²) in [5, 5.41) is 0.482. The zero-order chi connectivity index (χ0) is 20.3. The highest BCUT2D eigenvalue weighted by molar-refractivity contribution is 7.19. The van der Waals surface area contributed by atoms with E-state index in [-0.39, 0.29) is 16.7 Å². The highest BCUT2D eigenvalue weighted by Gasteiger charge is 2.35. The topological polar surface area (TPSA) is 52.0 Å². The van der Waals surface area contributed by atoms with Crippen LogP contribution in [0.5, 0.6) is 0 Å². The first kappa shape index (κ1) is 17.6. The Kier molecular flexibility index (Phi) is 3.82. The molecule has 1 aliphatic rings. The maximum atomic E-state index is 13.5. The number of carbonyl (C=O) groups is 2. The van der Waals surface area contributed by atoms with Gasteiger partial charge in [-0.1, -0.05) is 30.3 Å². The van der Waals surface area contributed by atoms with E-state index in [1.807, 2.05) is 48.0 Å². The monoisotopic (exact) mass is 406 g/mol. The zero-order valence-corrected chi connectivity index (χ0v) is 15.9.